The number of benzene rings is 2. The molecule has 0 unspecified atom stereocenters. The molecule has 1 saturated heterocycles. The largest absolute Gasteiger partial charge is 0.457 e. The fourth-order valence-corrected chi connectivity index (χ4v) is 2.58. The molecule has 3 rings (SSSR count). The maximum atomic E-state index is 13.0. The Morgan fingerprint density at radius 1 is 1.07 bits per heavy atom. The van der Waals surface area contributed by atoms with Crippen LogP contribution in [0.5, 0.6) is 11.5 Å². The lowest BCUT2D eigenvalue weighted by Gasteiger charge is -2.11. The van der Waals surface area contributed by atoms with Crippen molar-refractivity contribution in [2.24, 2.45) is 0 Å². The number of nitro benzene ring substituents is 1. The van der Waals surface area contributed by atoms with Gasteiger partial charge >= 0.3 is 6.18 Å². The monoisotopic (exact) mass is 409 g/mol. The highest BCUT2D eigenvalue weighted by Gasteiger charge is 2.38. The molecule has 1 heterocycles. The zero-order chi connectivity index (χ0) is 20.5. The summed E-state index contributed by atoms with van der Waals surface area (Å²) in [4.78, 5) is 21.3. The molecule has 2 aromatic rings. The quantitative estimate of drug-likeness (QED) is 0.346. The lowest BCUT2D eigenvalue weighted by Crippen LogP contribution is -2.21. The summed E-state index contributed by atoms with van der Waals surface area (Å²) in [5.41, 5.74) is -1.58. The SMILES string of the molecule is O=C1NC(=S)NC1=Cc1ccc(Oc2ccc([N+](=O)[O-])c(C(F)(F)F)c2)cc1. The molecule has 0 radical (unpaired) electrons. The van der Waals surface area contributed by atoms with Crippen molar-refractivity contribution in [3.8, 4) is 11.5 Å². The molecule has 0 spiro atoms. The van der Waals surface area contributed by atoms with Gasteiger partial charge in [-0.05, 0) is 48.1 Å². The van der Waals surface area contributed by atoms with Crippen LogP contribution in [0.25, 0.3) is 6.08 Å². The number of rotatable bonds is 4. The minimum atomic E-state index is -4.90. The molecular weight excluding hydrogens is 399 g/mol. The fraction of sp³-hybridized carbons (Fsp3) is 0.0588. The van der Waals surface area contributed by atoms with Crippen LogP contribution in [-0.2, 0) is 11.0 Å². The van der Waals surface area contributed by atoms with Gasteiger partial charge in [0.15, 0.2) is 5.11 Å². The smallest absolute Gasteiger partial charge is 0.423 e. The summed E-state index contributed by atoms with van der Waals surface area (Å²) < 4.78 is 44.4. The van der Waals surface area contributed by atoms with Gasteiger partial charge in [-0.1, -0.05) is 12.1 Å². The predicted octanol–water partition coefficient (Wildman–Crippen LogP) is 3.75. The highest BCUT2D eigenvalue weighted by molar-refractivity contribution is 7.80. The fourth-order valence-electron chi connectivity index (χ4n) is 2.38. The number of amides is 1. The molecule has 7 nitrogen and oxygen atoms in total. The second kappa shape index (κ2) is 7.27. The molecule has 1 aliphatic rings. The summed E-state index contributed by atoms with van der Waals surface area (Å²) >= 11 is 4.82. The standard InChI is InChI=1S/C17H10F3N3O4S/c18-17(19,20)12-8-11(5-6-14(12)23(25)26)27-10-3-1-9(2-4-10)7-13-15(24)22-16(28)21-13/h1-8H,(H2,21,22,24,28). The molecule has 2 N–H and O–H groups in total. The molecule has 0 atom stereocenters. The van der Waals surface area contributed by atoms with Crippen LogP contribution in [0.1, 0.15) is 11.1 Å². The minimum Gasteiger partial charge on any atom is -0.457 e. The Bertz CT molecular complexity index is 1000. The Morgan fingerprint density at radius 2 is 1.71 bits per heavy atom. The summed E-state index contributed by atoms with van der Waals surface area (Å²) in [5, 5.41) is 16.1. The Hall–Kier alpha value is -3.47. The van der Waals surface area contributed by atoms with Crippen LogP contribution in [0, 0.1) is 10.1 Å². The second-order valence-electron chi connectivity index (χ2n) is 5.57. The van der Waals surface area contributed by atoms with Gasteiger partial charge in [-0.25, -0.2) is 0 Å². The molecule has 144 valence electrons. The molecule has 0 aromatic heterocycles. The summed E-state index contributed by atoms with van der Waals surface area (Å²) in [7, 11) is 0. The lowest BCUT2D eigenvalue weighted by atomic mass is 10.1. The first kappa shape index (κ1) is 19.3. The molecule has 1 amide bonds. The number of hydrogen-bond acceptors (Lipinski definition) is 5. The number of alkyl halides is 3. The average molecular weight is 409 g/mol. The van der Waals surface area contributed by atoms with Crippen molar-refractivity contribution in [2.45, 2.75) is 6.18 Å². The third-order valence-electron chi connectivity index (χ3n) is 3.62. The van der Waals surface area contributed by atoms with Gasteiger partial charge in [0.1, 0.15) is 22.8 Å². The second-order valence-corrected chi connectivity index (χ2v) is 5.98. The molecule has 28 heavy (non-hydrogen) atoms. The van der Waals surface area contributed by atoms with E-state index >= 15 is 0 Å². The van der Waals surface area contributed by atoms with Crippen molar-refractivity contribution in [1.29, 1.82) is 0 Å². The molecule has 1 aliphatic heterocycles. The molecule has 0 aliphatic carbocycles. The number of carbonyl (C=O) groups excluding carboxylic acids is 1. The van der Waals surface area contributed by atoms with Crippen molar-refractivity contribution >= 4 is 35.0 Å². The van der Waals surface area contributed by atoms with Crippen LogP contribution in [-0.4, -0.2) is 15.9 Å². The molecule has 11 heteroatoms. The van der Waals surface area contributed by atoms with Gasteiger partial charge in [-0.2, -0.15) is 13.2 Å². The topological polar surface area (TPSA) is 93.5 Å². The van der Waals surface area contributed by atoms with E-state index in [4.69, 9.17) is 17.0 Å². The average Bonchev–Trinajstić information content (AvgIpc) is 2.93. The number of nitro groups is 1. The van der Waals surface area contributed by atoms with E-state index in [9.17, 15) is 28.1 Å². The third-order valence-corrected chi connectivity index (χ3v) is 3.82. The van der Waals surface area contributed by atoms with Crippen molar-refractivity contribution in [2.75, 3.05) is 0 Å². The highest BCUT2D eigenvalue weighted by Crippen LogP contribution is 2.39. The number of halogens is 3. The van der Waals surface area contributed by atoms with E-state index < -0.39 is 22.4 Å². The number of nitrogens with zero attached hydrogens (tertiary/aromatic N) is 1. The highest BCUT2D eigenvalue weighted by atomic mass is 32.1. The van der Waals surface area contributed by atoms with E-state index in [1.807, 2.05) is 0 Å². The van der Waals surface area contributed by atoms with Gasteiger partial charge < -0.3 is 10.1 Å². The molecular formula is C17H10F3N3O4S. The molecule has 2 aromatic carbocycles. The van der Waals surface area contributed by atoms with Crippen LogP contribution in [0.15, 0.2) is 48.2 Å². The third kappa shape index (κ3) is 4.26. The van der Waals surface area contributed by atoms with E-state index in [0.717, 1.165) is 12.1 Å². The normalized spacial score (nSPS) is 15.3. The van der Waals surface area contributed by atoms with Crippen LogP contribution >= 0.6 is 12.2 Å². The zero-order valence-corrected chi connectivity index (χ0v) is 14.6. The summed E-state index contributed by atoms with van der Waals surface area (Å²) in [6.07, 6.45) is -3.36. The van der Waals surface area contributed by atoms with Gasteiger partial charge in [-0.3, -0.25) is 20.2 Å². The predicted molar refractivity (Wildman–Crippen MR) is 96.5 cm³/mol. The minimum absolute atomic E-state index is 0.190. The van der Waals surface area contributed by atoms with Gasteiger partial charge in [-0.15, -0.1) is 0 Å². The molecule has 0 bridgehead atoms. The maximum Gasteiger partial charge on any atom is 0.423 e. The van der Waals surface area contributed by atoms with Crippen LogP contribution < -0.4 is 15.4 Å². The Kier molecular flexibility index (Phi) is 5.01. The number of nitrogens with one attached hydrogen (secondary N) is 2. The van der Waals surface area contributed by atoms with Crippen molar-refractivity contribution in [3.05, 3.63) is 69.4 Å². The van der Waals surface area contributed by atoms with Crippen molar-refractivity contribution < 1.29 is 27.6 Å². The first-order valence-electron chi connectivity index (χ1n) is 7.61. The Balaban J connectivity index is 1.81. The van der Waals surface area contributed by atoms with E-state index in [1.165, 1.54) is 18.2 Å². The van der Waals surface area contributed by atoms with E-state index in [0.29, 0.717) is 11.6 Å². The summed E-state index contributed by atoms with van der Waals surface area (Å²) in [6.45, 7) is 0. The Morgan fingerprint density at radius 3 is 2.25 bits per heavy atom. The molecule has 0 saturated carbocycles. The summed E-state index contributed by atoms with van der Waals surface area (Å²) in [6, 6.07) is 8.50. The first-order valence-corrected chi connectivity index (χ1v) is 8.02. The lowest BCUT2D eigenvalue weighted by molar-refractivity contribution is -0.388. The number of ether oxygens (including phenoxy) is 1. The van der Waals surface area contributed by atoms with Gasteiger partial charge in [0.25, 0.3) is 11.6 Å². The van der Waals surface area contributed by atoms with E-state index in [-0.39, 0.29) is 28.2 Å². The number of hydrogen-bond donors (Lipinski definition) is 2. The maximum absolute atomic E-state index is 13.0. The van der Waals surface area contributed by atoms with E-state index in [2.05, 4.69) is 10.6 Å². The van der Waals surface area contributed by atoms with Gasteiger partial charge in [0.05, 0.1) is 4.92 Å². The van der Waals surface area contributed by atoms with Crippen molar-refractivity contribution in [3.63, 3.8) is 0 Å². The first-order chi connectivity index (χ1) is 13.1. The van der Waals surface area contributed by atoms with Gasteiger partial charge in [0.2, 0.25) is 0 Å². The molecule has 1 fully saturated rings. The van der Waals surface area contributed by atoms with Crippen LogP contribution in [0.4, 0.5) is 18.9 Å². The van der Waals surface area contributed by atoms with Crippen LogP contribution in [0.2, 0.25) is 0 Å². The number of carbonyl (C=O) groups is 1. The number of thiocarbonyl (C=S) groups is 1. The summed E-state index contributed by atoms with van der Waals surface area (Å²) in [5.74, 6) is -0.370. The van der Waals surface area contributed by atoms with E-state index in [1.54, 1.807) is 12.1 Å². The zero-order valence-electron chi connectivity index (χ0n) is 13.7. The van der Waals surface area contributed by atoms with Gasteiger partial charge in [0, 0.05) is 6.07 Å². The Labute approximate surface area is 161 Å². The van der Waals surface area contributed by atoms with Crippen LogP contribution in [0.3, 0.4) is 0 Å². The van der Waals surface area contributed by atoms with Crippen molar-refractivity contribution in [1.82, 2.24) is 10.6 Å².